The van der Waals surface area contributed by atoms with E-state index in [-0.39, 0.29) is 29.5 Å². The second-order valence-electron chi connectivity index (χ2n) is 6.34. The number of likely N-dealkylation sites (tertiary alicyclic amines) is 1. The maximum Gasteiger partial charge on any atom is 0.191 e. The first kappa shape index (κ1) is 21.7. The highest BCUT2D eigenvalue weighted by Crippen LogP contribution is 2.20. The molecule has 4 nitrogen and oxygen atoms in total. The van der Waals surface area contributed by atoms with Crippen LogP contribution in [0, 0.1) is 0 Å². The fourth-order valence-electron chi connectivity index (χ4n) is 2.65. The van der Waals surface area contributed by atoms with Gasteiger partial charge in [-0.05, 0) is 60.0 Å². The van der Waals surface area contributed by atoms with Crippen LogP contribution >= 0.6 is 24.0 Å². The van der Waals surface area contributed by atoms with Gasteiger partial charge in [-0.3, -0.25) is 9.89 Å². The van der Waals surface area contributed by atoms with E-state index >= 15 is 0 Å². The van der Waals surface area contributed by atoms with Crippen molar-refractivity contribution >= 4 is 29.9 Å². The highest BCUT2D eigenvalue weighted by Gasteiger charge is 2.27. The lowest BCUT2D eigenvalue weighted by Gasteiger charge is -2.40. The number of guanidine groups is 1. The van der Waals surface area contributed by atoms with Gasteiger partial charge in [0, 0.05) is 18.6 Å². The van der Waals surface area contributed by atoms with Gasteiger partial charge in [-0.15, -0.1) is 24.0 Å². The van der Waals surface area contributed by atoms with Crippen LogP contribution in [0.15, 0.2) is 17.1 Å². The van der Waals surface area contributed by atoms with Crippen molar-refractivity contribution in [1.82, 2.24) is 15.5 Å². The molecule has 2 N–H and O–H groups in total. The molecule has 0 atom stereocenters. The lowest BCUT2D eigenvalue weighted by molar-refractivity contribution is 0.102. The molecule has 0 spiro atoms. The van der Waals surface area contributed by atoms with E-state index in [1.54, 1.807) is 0 Å². The number of nitrogens with one attached hydrogen (secondary N) is 2. The molecule has 5 heteroatoms. The van der Waals surface area contributed by atoms with Crippen LogP contribution in [0.4, 0.5) is 0 Å². The zero-order chi connectivity index (χ0) is 15.6. The molecule has 1 aliphatic heterocycles. The maximum atomic E-state index is 4.79. The minimum Gasteiger partial charge on any atom is -0.357 e. The summed E-state index contributed by atoms with van der Waals surface area (Å²) in [7, 11) is 0. The van der Waals surface area contributed by atoms with Gasteiger partial charge in [0.25, 0.3) is 0 Å². The van der Waals surface area contributed by atoms with Gasteiger partial charge in [0.15, 0.2) is 5.96 Å². The molecule has 0 aliphatic carbocycles. The zero-order valence-corrected chi connectivity index (χ0v) is 17.2. The van der Waals surface area contributed by atoms with Crippen molar-refractivity contribution in [2.75, 3.05) is 32.7 Å². The Bertz CT molecular complexity index is 334. The van der Waals surface area contributed by atoms with Crippen molar-refractivity contribution in [1.29, 1.82) is 0 Å². The Morgan fingerprint density at radius 3 is 2.45 bits per heavy atom. The Morgan fingerprint density at radius 1 is 1.18 bits per heavy atom. The highest BCUT2D eigenvalue weighted by atomic mass is 127. The molecule has 0 amide bonds. The van der Waals surface area contributed by atoms with Gasteiger partial charge in [0.2, 0.25) is 0 Å². The van der Waals surface area contributed by atoms with Crippen LogP contribution in [0.1, 0.15) is 53.4 Å². The molecule has 0 aromatic rings. The fraction of sp³-hybridized carbons (Fsp3) is 0.824. The molecule has 1 aliphatic rings. The minimum atomic E-state index is 0. The predicted molar refractivity (Wildman–Crippen MR) is 108 cm³/mol. The summed E-state index contributed by atoms with van der Waals surface area (Å²) in [5, 5.41) is 6.73. The van der Waals surface area contributed by atoms with Crippen LogP contribution in [0.2, 0.25) is 0 Å². The van der Waals surface area contributed by atoms with Gasteiger partial charge in [0.1, 0.15) is 0 Å². The molecule has 1 heterocycles. The monoisotopic (exact) mass is 422 g/mol. The van der Waals surface area contributed by atoms with Gasteiger partial charge in [0.05, 0.1) is 6.54 Å². The summed E-state index contributed by atoms with van der Waals surface area (Å²) in [6.07, 6.45) is 9.34. The van der Waals surface area contributed by atoms with E-state index in [0.717, 1.165) is 32.0 Å². The Morgan fingerprint density at radius 2 is 1.86 bits per heavy atom. The molecule has 0 bridgehead atoms. The van der Waals surface area contributed by atoms with Crippen LogP contribution < -0.4 is 10.6 Å². The van der Waals surface area contributed by atoms with E-state index in [0.29, 0.717) is 0 Å². The first-order valence-corrected chi connectivity index (χ1v) is 8.48. The average molecular weight is 422 g/mol. The second-order valence-corrected chi connectivity index (χ2v) is 6.34. The van der Waals surface area contributed by atoms with Gasteiger partial charge >= 0.3 is 0 Å². The number of nitrogens with zero attached hydrogens (tertiary/aromatic N) is 2. The zero-order valence-electron chi connectivity index (χ0n) is 14.8. The predicted octanol–water partition coefficient (Wildman–Crippen LogP) is 3.39. The summed E-state index contributed by atoms with van der Waals surface area (Å²) in [5.41, 5.74) is 0.145. The molecule has 22 heavy (non-hydrogen) atoms. The van der Waals surface area contributed by atoms with Gasteiger partial charge in [-0.2, -0.15) is 0 Å². The Balaban J connectivity index is 0.00000441. The molecule has 1 fully saturated rings. The third-order valence-electron chi connectivity index (χ3n) is 4.02. The first-order chi connectivity index (χ1) is 10.1. The van der Waals surface area contributed by atoms with Crippen molar-refractivity contribution in [2.24, 2.45) is 4.99 Å². The molecule has 0 aromatic carbocycles. The lowest BCUT2D eigenvalue weighted by atomic mass is 9.99. The smallest absolute Gasteiger partial charge is 0.191 e. The van der Waals surface area contributed by atoms with E-state index in [1.165, 1.54) is 32.4 Å². The SMILES string of the molecule is C/C=C/CCNC(=NCC(C)(C)N1CCCCC1)NCC.I. The number of halogens is 1. The number of hydrogen-bond acceptors (Lipinski definition) is 2. The molecular formula is C17H35IN4. The van der Waals surface area contributed by atoms with E-state index in [2.05, 4.69) is 55.4 Å². The molecule has 0 saturated carbocycles. The van der Waals surface area contributed by atoms with Crippen LogP contribution in [0.3, 0.4) is 0 Å². The Labute approximate surface area is 154 Å². The summed E-state index contributed by atoms with van der Waals surface area (Å²) < 4.78 is 0. The third-order valence-corrected chi connectivity index (χ3v) is 4.02. The maximum absolute atomic E-state index is 4.79. The largest absolute Gasteiger partial charge is 0.357 e. The average Bonchev–Trinajstić information content (AvgIpc) is 2.50. The highest BCUT2D eigenvalue weighted by molar-refractivity contribution is 14.0. The summed E-state index contributed by atoms with van der Waals surface area (Å²) >= 11 is 0. The molecule has 0 aromatic heterocycles. The van der Waals surface area contributed by atoms with Gasteiger partial charge in [-0.25, -0.2) is 0 Å². The standard InChI is InChI=1S/C17H34N4.HI/c1-5-7-9-12-19-16(18-6-2)20-15-17(3,4)21-13-10-8-11-14-21;/h5,7H,6,8-15H2,1-4H3,(H2,18,19,20);1H/b7-5+;. The first-order valence-electron chi connectivity index (χ1n) is 8.48. The molecule has 0 unspecified atom stereocenters. The normalized spacial score (nSPS) is 17.4. The number of aliphatic imine (C=N–C) groups is 1. The van der Waals surface area contributed by atoms with E-state index in [1.807, 2.05) is 0 Å². The van der Waals surface area contributed by atoms with E-state index in [9.17, 15) is 0 Å². The number of allylic oxidation sites excluding steroid dienone is 1. The number of piperidine rings is 1. The van der Waals surface area contributed by atoms with Crippen molar-refractivity contribution in [2.45, 2.75) is 58.9 Å². The second kappa shape index (κ2) is 12.2. The van der Waals surface area contributed by atoms with Crippen molar-refractivity contribution < 1.29 is 0 Å². The summed E-state index contributed by atoms with van der Waals surface area (Å²) in [6.45, 7) is 13.9. The Hall–Kier alpha value is -0.300. The lowest BCUT2D eigenvalue weighted by Crippen LogP contribution is -2.49. The van der Waals surface area contributed by atoms with Crippen LogP contribution in [-0.4, -0.2) is 49.1 Å². The topological polar surface area (TPSA) is 39.7 Å². The van der Waals surface area contributed by atoms with Crippen LogP contribution in [0.5, 0.6) is 0 Å². The van der Waals surface area contributed by atoms with Crippen molar-refractivity contribution in [3.8, 4) is 0 Å². The molecule has 1 rings (SSSR count). The van der Waals surface area contributed by atoms with Crippen LogP contribution in [-0.2, 0) is 0 Å². The molecule has 130 valence electrons. The quantitative estimate of drug-likeness (QED) is 0.217. The van der Waals surface area contributed by atoms with E-state index < -0.39 is 0 Å². The van der Waals surface area contributed by atoms with Crippen molar-refractivity contribution in [3.05, 3.63) is 12.2 Å². The Kier molecular flexibility index (Phi) is 12.0. The van der Waals surface area contributed by atoms with Gasteiger partial charge < -0.3 is 10.6 Å². The van der Waals surface area contributed by atoms with Gasteiger partial charge in [-0.1, -0.05) is 18.6 Å². The van der Waals surface area contributed by atoms with Crippen LogP contribution in [0.25, 0.3) is 0 Å². The number of hydrogen-bond donors (Lipinski definition) is 2. The summed E-state index contributed by atoms with van der Waals surface area (Å²) in [6, 6.07) is 0. The van der Waals surface area contributed by atoms with Crippen molar-refractivity contribution in [3.63, 3.8) is 0 Å². The third kappa shape index (κ3) is 8.36. The minimum absolute atomic E-state index is 0. The molecule has 0 radical (unpaired) electrons. The summed E-state index contributed by atoms with van der Waals surface area (Å²) in [4.78, 5) is 7.37. The molecular weight excluding hydrogens is 387 g/mol. The van der Waals surface area contributed by atoms with E-state index in [4.69, 9.17) is 4.99 Å². The summed E-state index contributed by atoms with van der Waals surface area (Å²) in [5.74, 6) is 0.937. The fourth-order valence-corrected chi connectivity index (χ4v) is 2.65. The molecule has 1 saturated heterocycles. The number of rotatable bonds is 7.